The van der Waals surface area contributed by atoms with E-state index in [0.29, 0.717) is 11.6 Å². The normalized spacial score (nSPS) is 17.4. The van der Waals surface area contributed by atoms with Crippen LogP contribution in [-0.2, 0) is 21.4 Å². The van der Waals surface area contributed by atoms with E-state index >= 15 is 0 Å². The molecule has 1 N–H and O–H groups in total. The Morgan fingerprint density at radius 2 is 1.97 bits per heavy atom. The second-order valence-electron chi connectivity index (χ2n) is 8.09. The summed E-state index contributed by atoms with van der Waals surface area (Å²) in [6.07, 6.45) is 4.26. The van der Waals surface area contributed by atoms with Crippen LogP contribution in [0.3, 0.4) is 0 Å². The summed E-state index contributed by atoms with van der Waals surface area (Å²) < 4.78 is 5.46. The number of hydrogen-bond acceptors (Lipinski definition) is 5. The summed E-state index contributed by atoms with van der Waals surface area (Å²) in [6, 6.07) is 16.2. The molecule has 1 amide bonds. The summed E-state index contributed by atoms with van der Waals surface area (Å²) in [5.41, 5.74) is 2.86. The van der Waals surface area contributed by atoms with Crippen molar-refractivity contribution in [3.05, 3.63) is 75.8 Å². The summed E-state index contributed by atoms with van der Waals surface area (Å²) in [5.74, 6) is 0.0327. The summed E-state index contributed by atoms with van der Waals surface area (Å²) in [4.78, 5) is 21.0. The molecule has 0 atom stereocenters. The Balaban J connectivity index is 1.29. The van der Waals surface area contributed by atoms with Gasteiger partial charge in [-0.15, -0.1) is 11.3 Å². The number of carbonyl (C=O) groups excluding carboxylic acids is 1. The lowest BCUT2D eigenvalue weighted by molar-refractivity contribution is -0.118. The minimum Gasteiger partial charge on any atom is -0.378 e. The van der Waals surface area contributed by atoms with E-state index in [9.17, 15) is 4.79 Å². The molecule has 2 heterocycles. The average molecular weight is 454 g/mol. The van der Waals surface area contributed by atoms with Crippen LogP contribution in [0.25, 0.3) is 0 Å². The van der Waals surface area contributed by atoms with Crippen molar-refractivity contribution in [2.45, 2.75) is 24.7 Å². The van der Waals surface area contributed by atoms with Crippen LogP contribution in [0, 0.1) is 0 Å². The number of rotatable bonds is 6. The topological polar surface area (TPSA) is 54.5 Å². The van der Waals surface area contributed by atoms with Crippen LogP contribution in [0.4, 0.5) is 10.8 Å². The predicted molar refractivity (Wildman–Crippen MR) is 125 cm³/mol. The van der Waals surface area contributed by atoms with Crippen molar-refractivity contribution in [2.24, 2.45) is 0 Å². The monoisotopic (exact) mass is 453 g/mol. The summed E-state index contributed by atoms with van der Waals surface area (Å²) >= 11 is 7.78. The molecule has 1 saturated heterocycles. The predicted octanol–water partition coefficient (Wildman–Crippen LogP) is 4.89. The Bertz CT molecular complexity index is 1090. The summed E-state index contributed by atoms with van der Waals surface area (Å²) in [6.45, 7) is 3.26. The standard InChI is InChI=1S/C24H24ClN3O2S/c25-21-7-2-1-4-17(21)14-20-16-26-23(31-20)27-22(29)24(8-9-24)18-5-3-6-19(15-18)28-10-12-30-13-11-28/h1-7,15-16H,8-14H2,(H,26,27,29). The Labute approximate surface area is 191 Å². The molecule has 0 radical (unpaired) electrons. The molecule has 160 valence electrons. The molecule has 1 aliphatic carbocycles. The van der Waals surface area contributed by atoms with Crippen LogP contribution in [0.2, 0.25) is 5.02 Å². The highest BCUT2D eigenvalue weighted by Crippen LogP contribution is 2.49. The minimum atomic E-state index is -0.448. The van der Waals surface area contributed by atoms with E-state index in [1.54, 1.807) is 0 Å². The smallest absolute Gasteiger partial charge is 0.236 e. The van der Waals surface area contributed by atoms with Crippen LogP contribution >= 0.6 is 22.9 Å². The highest BCUT2D eigenvalue weighted by atomic mass is 35.5. The molecule has 5 nitrogen and oxygen atoms in total. The molecule has 0 unspecified atom stereocenters. The maximum Gasteiger partial charge on any atom is 0.236 e. The van der Waals surface area contributed by atoms with E-state index in [2.05, 4.69) is 39.5 Å². The van der Waals surface area contributed by atoms with Gasteiger partial charge in [-0.05, 0) is 42.2 Å². The van der Waals surface area contributed by atoms with Crippen LogP contribution in [0.5, 0.6) is 0 Å². The number of anilines is 2. The molecule has 1 aliphatic heterocycles. The lowest BCUT2D eigenvalue weighted by Crippen LogP contribution is -2.36. The highest BCUT2D eigenvalue weighted by molar-refractivity contribution is 7.15. The molecular weight excluding hydrogens is 430 g/mol. The van der Waals surface area contributed by atoms with Gasteiger partial charge < -0.3 is 15.0 Å². The van der Waals surface area contributed by atoms with Crippen molar-refractivity contribution in [1.82, 2.24) is 4.98 Å². The van der Waals surface area contributed by atoms with E-state index in [4.69, 9.17) is 16.3 Å². The summed E-state index contributed by atoms with van der Waals surface area (Å²) in [7, 11) is 0. The fourth-order valence-corrected chi connectivity index (χ4v) is 5.12. The van der Waals surface area contributed by atoms with Crippen molar-refractivity contribution in [3.63, 3.8) is 0 Å². The third kappa shape index (κ3) is 4.33. The van der Waals surface area contributed by atoms with Crippen molar-refractivity contribution in [3.8, 4) is 0 Å². The minimum absolute atomic E-state index is 0.0327. The highest BCUT2D eigenvalue weighted by Gasteiger charge is 2.51. The molecule has 5 rings (SSSR count). The van der Waals surface area contributed by atoms with E-state index in [-0.39, 0.29) is 5.91 Å². The van der Waals surface area contributed by atoms with Gasteiger partial charge in [0.15, 0.2) is 5.13 Å². The number of benzene rings is 2. The molecule has 0 bridgehead atoms. The number of hydrogen-bond donors (Lipinski definition) is 1. The van der Waals surface area contributed by atoms with Crippen LogP contribution in [-0.4, -0.2) is 37.2 Å². The Hall–Kier alpha value is -2.41. The second-order valence-corrected chi connectivity index (χ2v) is 9.61. The molecule has 0 spiro atoms. The molecule has 7 heteroatoms. The van der Waals surface area contributed by atoms with E-state index in [1.165, 1.54) is 11.3 Å². The fraction of sp³-hybridized carbons (Fsp3) is 0.333. The number of thiazole rings is 1. The Kier molecular flexibility index (Phi) is 5.69. The van der Waals surface area contributed by atoms with Crippen LogP contribution in [0.1, 0.15) is 28.8 Å². The van der Waals surface area contributed by atoms with Gasteiger partial charge in [-0.25, -0.2) is 4.98 Å². The zero-order chi connectivity index (χ0) is 21.3. The van der Waals surface area contributed by atoms with E-state index in [0.717, 1.165) is 65.9 Å². The SMILES string of the molecule is O=C(Nc1ncc(Cc2ccccc2Cl)s1)C1(c2cccc(N3CCOCC3)c2)CC1. The number of morpholine rings is 1. The van der Waals surface area contributed by atoms with Crippen LogP contribution < -0.4 is 10.2 Å². The molecule has 2 aromatic carbocycles. The first-order valence-corrected chi connectivity index (χ1v) is 11.8. The zero-order valence-corrected chi connectivity index (χ0v) is 18.7. The van der Waals surface area contributed by atoms with E-state index < -0.39 is 5.41 Å². The molecule has 2 aliphatic rings. The fourth-order valence-electron chi connectivity index (χ4n) is 4.09. The zero-order valence-electron chi connectivity index (χ0n) is 17.1. The Morgan fingerprint density at radius 1 is 1.16 bits per heavy atom. The van der Waals surface area contributed by atoms with Crippen molar-refractivity contribution >= 4 is 39.7 Å². The van der Waals surface area contributed by atoms with Gasteiger partial charge >= 0.3 is 0 Å². The molecule has 31 heavy (non-hydrogen) atoms. The van der Waals surface area contributed by atoms with Gasteiger partial charge in [-0.2, -0.15) is 0 Å². The largest absolute Gasteiger partial charge is 0.378 e. The van der Waals surface area contributed by atoms with Gasteiger partial charge in [0.2, 0.25) is 5.91 Å². The molecule has 1 saturated carbocycles. The van der Waals surface area contributed by atoms with Crippen molar-refractivity contribution in [2.75, 3.05) is 36.5 Å². The number of amides is 1. The second kappa shape index (κ2) is 8.61. The van der Waals surface area contributed by atoms with Crippen molar-refractivity contribution < 1.29 is 9.53 Å². The maximum absolute atomic E-state index is 13.2. The number of carbonyl (C=O) groups is 1. The molecular formula is C24H24ClN3O2S. The van der Waals surface area contributed by atoms with Gasteiger partial charge in [-0.3, -0.25) is 4.79 Å². The van der Waals surface area contributed by atoms with Crippen LogP contribution in [0.15, 0.2) is 54.7 Å². The third-order valence-electron chi connectivity index (χ3n) is 6.06. The molecule has 3 aromatic rings. The number of ether oxygens (including phenoxy) is 1. The number of halogens is 1. The van der Waals surface area contributed by atoms with Gasteiger partial charge in [0.1, 0.15) is 0 Å². The number of nitrogens with zero attached hydrogens (tertiary/aromatic N) is 2. The average Bonchev–Trinajstić information content (AvgIpc) is 3.51. The van der Waals surface area contributed by atoms with Gasteiger partial charge in [0.05, 0.1) is 18.6 Å². The third-order valence-corrected chi connectivity index (χ3v) is 7.34. The molecule has 2 fully saturated rings. The quantitative estimate of drug-likeness (QED) is 0.577. The number of aromatic nitrogens is 1. The van der Waals surface area contributed by atoms with Crippen molar-refractivity contribution in [1.29, 1.82) is 0 Å². The first kappa shape index (κ1) is 20.5. The van der Waals surface area contributed by atoms with Gasteiger partial charge in [0, 0.05) is 41.3 Å². The first-order chi connectivity index (χ1) is 15.1. The van der Waals surface area contributed by atoms with Gasteiger partial charge in [-0.1, -0.05) is 41.9 Å². The summed E-state index contributed by atoms with van der Waals surface area (Å²) in [5, 5.41) is 4.45. The molecule has 1 aromatic heterocycles. The number of nitrogens with one attached hydrogen (secondary N) is 1. The van der Waals surface area contributed by atoms with E-state index in [1.807, 2.05) is 30.5 Å². The first-order valence-electron chi connectivity index (χ1n) is 10.6. The Morgan fingerprint density at radius 3 is 2.74 bits per heavy atom. The lowest BCUT2D eigenvalue weighted by Gasteiger charge is -2.29. The lowest BCUT2D eigenvalue weighted by atomic mass is 9.94. The maximum atomic E-state index is 13.2. The van der Waals surface area contributed by atoms with Gasteiger partial charge in [0.25, 0.3) is 0 Å².